The van der Waals surface area contributed by atoms with E-state index < -0.39 is 11.7 Å². The van der Waals surface area contributed by atoms with E-state index in [0.29, 0.717) is 11.3 Å². The van der Waals surface area contributed by atoms with Crippen LogP contribution in [0.2, 0.25) is 0 Å². The van der Waals surface area contributed by atoms with Crippen molar-refractivity contribution in [3.8, 4) is 11.8 Å². The Labute approximate surface area is 122 Å². The number of rotatable bonds is 2. The number of nitrogens with one attached hydrogen (secondary N) is 1. The summed E-state index contributed by atoms with van der Waals surface area (Å²) in [4.78, 5) is 12.1. The van der Waals surface area contributed by atoms with Gasteiger partial charge in [-0.1, -0.05) is 24.0 Å². The molecule has 3 nitrogen and oxygen atoms in total. The van der Waals surface area contributed by atoms with Crippen molar-refractivity contribution >= 4 is 11.6 Å². The van der Waals surface area contributed by atoms with Crippen LogP contribution in [0, 0.1) is 24.6 Å². The molecule has 2 aromatic carbocycles. The van der Waals surface area contributed by atoms with E-state index in [9.17, 15) is 9.18 Å². The molecule has 0 fully saturated rings. The average molecular weight is 283 g/mol. The van der Waals surface area contributed by atoms with Crippen LogP contribution in [0.5, 0.6) is 0 Å². The Bertz CT molecular complexity index is 729. The maximum absolute atomic E-state index is 13.8. The Balaban J connectivity index is 2.26. The third-order valence-electron chi connectivity index (χ3n) is 2.80. The fourth-order valence-electron chi connectivity index (χ4n) is 1.84. The van der Waals surface area contributed by atoms with E-state index in [1.807, 2.05) is 19.1 Å². The van der Waals surface area contributed by atoms with Crippen LogP contribution in [0.25, 0.3) is 0 Å². The minimum absolute atomic E-state index is 0.0822. The van der Waals surface area contributed by atoms with Gasteiger partial charge >= 0.3 is 0 Å². The summed E-state index contributed by atoms with van der Waals surface area (Å²) in [5.74, 6) is 3.95. The molecule has 2 N–H and O–H groups in total. The van der Waals surface area contributed by atoms with E-state index in [1.54, 1.807) is 12.1 Å². The van der Waals surface area contributed by atoms with Crippen molar-refractivity contribution in [3.05, 3.63) is 65.0 Å². The first-order valence-electron chi connectivity index (χ1n) is 6.37. The third kappa shape index (κ3) is 3.91. The van der Waals surface area contributed by atoms with Crippen molar-refractivity contribution in [1.29, 1.82) is 0 Å². The van der Waals surface area contributed by atoms with Crippen LogP contribution in [0.3, 0.4) is 0 Å². The van der Waals surface area contributed by atoms with Gasteiger partial charge in [-0.2, -0.15) is 0 Å². The monoisotopic (exact) mass is 283 g/mol. The molecular weight excluding hydrogens is 269 g/mol. The SMILES string of the molecule is Cc1cccc(NC(=O)c2cc(C#CCO)ccc2F)c1. The van der Waals surface area contributed by atoms with Crippen molar-refractivity contribution in [2.75, 3.05) is 11.9 Å². The van der Waals surface area contributed by atoms with Gasteiger partial charge in [0.2, 0.25) is 0 Å². The van der Waals surface area contributed by atoms with Crippen molar-refractivity contribution < 1.29 is 14.3 Å². The van der Waals surface area contributed by atoms with Gasteiger partial charge in [0.25, 0.3) is 5.91 Å². The van der Waals surface area contributed by atoms with Crippen LogP contribution in [0.1, 0.15) is 21.5 Å². The molecule has 0 unspecified atom stereocenters. The first kappa shape index (κ1) is 14.8. The second-order valence-corrected chi connectivity index (χ2v) is 4.48. The third-order valence-corrected chi connectivity index (χ3v) is 2.80. The number of carbonyl (C=O) groups excluding carboxylic acids is 1. The lowest BCUT2D eigenvalue weighted by molar-refractivity contribution is 0.102. The quantitative estimate of drug-likeness (QED) is 0.833. The average Bonchev–Trinajstić information content (AvgIpc) is 2.46. The Morgan fingerprint density at radius 1 is 1.29 bits per heavy atom. The smallest absolute Gasteiger partial charge is 0.258 e. The van der Waals surface area contributed by atoms with Gasteiger partial charge < -0.3 is 10.4 Å². The number of amides is 1. The molecule has 4 heteroatoms. The van der Waals surface area contributed by atoms with E-state index >= 15 is 0 Å². The summed E-state index contributed by atoms with van der Waals surface area (Å²) in [7, 11) is 0. The zero-order chi connectivity index (χ0) is 15.2. The molecule has 0 aromatic heterocycles. The topological polar surface area (TPSA) is 49.3 Å². The molecule has 0 heterocycles. The molecule has 106 valence electrons. The van der Waals surface area contributed by atoms with E-state index in [1.165, 1.54) is 18.2 Å². The number of aliphatic hydroxyl groups excluding tert-OH is 1. The lowest BCUT2D eigenvalue weighted by atomic mass is 10.1. The second-order valence-electron chi connectivity index (χ2n) is 4.48. The highest BCUT2D eigenvalue weighted by atomic mass is 19.1. The molecule has 2 aromatic rings. The molecule has 0 aliphatic heterocycles. The van der Waals surface area contributed by atoms with Gasteiger partial charge in [-0.05, 0) is 42.8 Å². The molecule has 0 saturated heterocycles. The summed E-state index contributed by atoms with van der Waals surface area (Å²) >= 11 is 0. The van der Waals surface area contributed by atoms with Gasteiger partial charge in [0.15, 0.2) is 0 Å². The van der Waals surface area contributed by atoms with Crippen LogP contribution in [0.4, 0.5) is 10.1 Å². The van der Waals surface area contributed by atoms with Gasteiger partial charge in [0, 0.05) is 11.3 Å². The Kier molecular flexibility index (Phi) is 4.70. The molecule has 0 aliphatic carbocycles. The molecule has 0 spiro atoms. The first-order chi connectivity index (χ1) is 10.1. The van der Waals surface area contributed by atoms with Crippen LogP contribution in [-0.4, -0.2) is 17.6 Å². The van der Waals surface area contributed by atoms with Crippen molar-refractivity contribution in [2.24, 2.45) is 0 Å². The molecule has 0 saturated carbocycles. The van der Waals surface area contributed by atoms with Crippen molar-refractivity contribution in [1.82, 2.24) is 0 Å². The number of halogens is 1. The summed E-state index contributed by atoms with van der Waals surface area (Å²) < 4.78 is 13.8. The number of hydrogen-bond acceptors (Lipinski definition) is 2. The zero-order valence-corrected chi connectivity index (χ0v) is 11.5. The summed E-state index contributed by atoms with van der Waals surface area (Å²) in [6.07, 6.45) is 0. The standard InChI is InChI=1S/C17H14FNO2/c1-12-4-2-6-14(10-12)19-17(21)15-11-13(5-3-9-20)7-8-16(15)18/h2,4,6-8,10-11,20H,9H2,1H3,(H,19,21). The van der Waals surface area contributed by atoms with Crippen molar-refractivity contribution in [2.45, 2.75) is 6.92 Å². The van der Waals surface area contributed by atoms with Gasteiger partial charge in [-0.25, -0.2) is 4.39 Å². The summed E-state index contributed by atoms with van der Waals surface area (Å²) in [5.41, 5.74) is 1.99. The van der Waals surface area contributed by atoms with Crippen LogP contribution >= 0.6 is 0 Å². The highest BCUT2D eigenvalue weighted by Crippen LogP contribution is 2.15. The number of anilines is 1. The summed E-state index contributed by atoms with van der Waals surface area (Å²) in [6.45, 7) is 1.61. The predicted octanol–water partition coefficient (Wildman–Crippen LogP) is 2.73. The largest absolute Gasteiger partial charge is 0.384 e. The Hall–Kier alpha value is -2.64. The number of aryl methyl sites for hydroxylation is 1. The van der Waals surface area contributed by atoms with E-state index in [4.69, 9.17) is 5.11 Å². The van der Waals surface area contributed by atoms with E-state index in [2.05, 4.69) is 17.2 Å². The normalized spacial score (nSPS) is 9.67. The van der Waals surface area contributed by atoms with E-state index in [-0.39, 0.29) is 12.2 Å². The summed E-state index contributed by atoms with van der Waals surface area (Å²) in [5, 5.41) is 11.3. The Morgan fingerprint density at radius 2 is 2.10 bits per heavy atom. The molecule has 21 heavy (non-hydrogen) atoms. The van der Waals surface area contributed by atoms with Crippen LogP contribution < -0.4 is 5.32 Å². The van der Waals surface area contributed by atoms with Gasteiger partial charge in [0.05, 0.1) is 5.56 Å². The molecular formula is C17H14FNO2. The van der Waals surface area contributed by atoms with Crippen LogP contribution in [0.15, 0.2) is 42.5 Å². The maximum atomic E-state index is 13.8. The maximum Gasteiger partial charge on any atom is 0.258 e. The Morgan fingerprint density at radius 3 is 2.81 bits per heavy atom. The molecule has 1 amide bonds. The van der Waals surface area contributed by atoms with Gasteiger partial charge in [0.1, 0.15) is 12.4 Å². The summed E-state index contributed by atoms with van der Waals surface area (Å²) in [6, 6.07) is 11.3. The fraction of sp³-hybridized carbons (Fsp3) is 0.118. The zero-order valence-electron chi connectivity index (χ0n) is 11.5. The van der Waals surface area contributed by atoms with Crippen molar-refractivity contribution in [3.63, 3.8) is 0 Å². The molecule has 0 radical (unpaired) electrons. The number of aliphatic hydroxyl groups is 1. The first-order valence-corrected chi connectivity index (χ1v) is 6.37. The second kappa shape index (κ2) is 6.69. The molecule has 2 rings (SSSR count). The molecule has 0 bridgehead atoms. The molecule has 0 atom stereocenters. The van der Waals surface area contributed by atoms with Gasteiger partial charge in [-0.15, -0.1) is 0 Å². The number of hydrogen-bond donors (Lipinski definition) is 2. The predicted molar refractivity (Wildman–Crippen MR) is 79.5 cm³/mol. The van der Waals surface area contributed by atoms with Gasteiger partial charge in [-0.3, -0.25) is 4.79 Å². The highest BCUT2D eigenvalue weighted by Gasteiger charge is 2.12. The molecule has 0 aliphatic rings. The number of benzene rings is 2. The van der Waals surface area contributed by atoms with E-state index in [0.717, 1.165) is 5.56 Å². The lowest BCUT2D eigenvalue weighted by Crippen LogP contribution is -2.14. The minimum atomic E-state index is -0.616. The fourth-order valence-corrected chi connectivity index (χ4v) is 1.84. The number of carbonyl (C=O) groups is 1. The van der Waals surface area contributed by atoms with Crippen LogP contribution in [-0.2, 0) is 0 Å². The highest BCUT2D eigenvalue weighted by molar-refractivity contribution is 6.04. The lowest BCUT2D eigenvalue weighted by Gasteiger charge is -2.07. The minimum Gasteiger partial charge on any atom is -0.384 e.